The molecular formula is C21H21F3N2O5. The Balaban J connectivity index is 0.000000339. The van der Waals surface area contributed by atoms with Gasteiger partial charge in [-0.25, -0.2) is 4.79 Å². The Bertz CT molecular complexity index is 910. The van der Waals surface area contributed by atoms with E-state index in [9.17, 15) is 13.2 Å². The molecule has 0 aliphatic carbocycles. The third-order valence-corrected chi connectivity index (χ3v) is 5.17. The second-order valence-electron chi connectivity index (χ2n) is 7.37. The van der Waals surface area contributed by atoms with Crippen molar-refractivity contribution < 1.29 is 37.0 Å². The van der Waals surface area contributed by atoms with E-state index in [0.717, 1.165) is 32.0 Å². The number of fused-ring (bicyclic) bond motifs is 1. The van der Waals surface area contributed by atoms with Crippen molar-refractivity contribution >= 4 is 5.97 Å². The maximum absolute atomic E-state index is 10.6. The number of ether oxygens (including phenoxy) is 2. The van der Waals surface area contributed by atoms with E-state index < -0.39 is 12.1 Å². The molecule has 0 saturated carbocycles. The number of alkyl halides is 3. The van der Waals surface area contributed by atoms with Gasteiger partial charge in [0.2, 0.25) is 0 Å². The van der Waals surface area contributed by atoms with Crippen LogP contribution >= 0.6 is 0 Å². The lowest BCUT2D eigenvalue weighted by atomic mass is 9.94. The predicted octanol–water partition coefficient (Wildman–Crippen LogP) is 3.31. The molecule has 0 radical (unpaired) electrons. The fourth-order valence-corrected chi connectivity index (χ4v) is 3.68. The molecule has 2 fully saturated rings. The van der Waals surface area contributed by atoms with E-state index in [1.807, 2.05) is 18.2 Å². The Morgan fingerprint density at radius 3 is 2.74 bits per heavy atom. The smallest absolute Gasteiger partial charge is 0.490 e. The molecule has 3 heterocycles. The Morgan fingerprint density at radius 1 is 1.32 bits per heavy atom. The molecule has 4 rings (SSSR count). The summed E-state index contributed by atoms with van der Waals surface area (Å²) < 4.78 is 48.8. The van der Waals surface area contributed by atoms with E-state index in [1.165, 1.54) is 5.56 Å². The topological polar surface area (TPSA) is 95.9 Å². The average Bonchev–Trinajstić information content (AvgIpc) is 3.45. The van der Waals surface area contributed by atoms with Gasteiger partial charge in [-0.2, -0.15) is 18.4 Å². The number of hydrogen-bond acceptors (Lipinski definition) is 6. The monoisotopic (exact) mass is 438 g/mol. The third kappa shape index (κ3) is 6.23. The van der Waals surface area contributed by atoms with Gasteiger partial charge < -0.3 is 19.0 Å². The zero-order valence-corrected chi connectivity index (χ0v) is 16.4. The first-order chi connectivity index (χ1) is 14.8. The molecular weight excluding hydrogens is 417 g/mol. The van der Waals surface area contributed by atoms with Gasteiger partial charge in [0.25, 0.3) is 0 Å². The molecule has 0 bridgehead atoms. The van der Waals surface area contributed by atoms with Gasteiger partial charge in [0, 0.05) is 37.0 Å². The zero-order chi connectivity index (χ0) is 22.4. The molecule has 2 aliphatic rings. The summed E-state index contributed by atoms with van der Waals surface area (Å²) in [6.45, 7) is 4.30. The normalized spacial score (nSPS) is 22.8. The molecule has 166 valence electrons. The quantitative estimate of drug-likeness (QED) is 0.765. The Morgan fingerprint density at radius 2 is 2.10 bits per heavy atom. The maximum atomic E-state index is 10.6. The van der Waals surface area contributed by atoms with Crippen LogP contribution in [-0.2, 0) is 16.1 Å². The van der Waals surface area contributed by atoms with Crippen LogP contribution in [0.4, 0.5) is 13.2 Å². The van der Waals surface area contributed by atoms with Gasteiger partial charge in [-0.05, 0) is 24.3 Å². The number of likely N-dealkylation sites (tertiary alicyclic amines) is 1. The van der Waals surface area contributed by atoms with Crippen molar-refractivity contribution in [3.8, 4) is 11.8 Å². The van der Waals surface area contributed by atoms with Gasteiger partial charge in [0.1, 0.15) is 5.75 Å². The number of carboxylic acid groups (broad SMARTS) is 1. The number of aliphatic carboxylic acids is 1. The lowest BCUT2D eigenvalue weighted by Gasteiger charge is -2.19. The van der Waals surface area contributed by atoms with Gasteiger partial charge in [-0.15, -0.1) is 0 Å². The van der Waals surface area contributed by atoms with Crippen LogP contribution in [0.15, 0.2) is 47.3 Å². The molecule has 10 heteroatoms. The van der Waals surface area contributed by atoms with Crippen molar-refractivity contribution in [3.05, 3.63) is 54.0 Å². The summed E-state index contributed by atoms with van der Waals surface area (Å²) >= 11 is 0. The molecule has 31 heavy (non-hydrogen) atoms. The van der Waals surface area contributed by atoms with E-state index in [4.69, 9.17) is 29.1 Å². The van der Waals surface area contributed by atoms with E-state index >= 15 is 0 Å². The van der Waals surface area contributed by atoms with Gasteiger partial charge >= 0.3 is 12.1 Å². The maximum Gasteiger partial charge on any atom is 0.490 e. The van der Waals surface area contributed by atoms with E-state index in [2.05, 4.69) is 11.0 Å². The highest BCUT2D eigenvalue weighted by Crippen LogP contribution is 2.34. The van der Waals surface area contributed by atoms with Crippen LogP contribution in [0.2, 0.25) is 0 Å². The summed E-state index contributed by atoms with van der Waals surface area (Å²) in [5.41, 5.74) is 1.83. The fraction of sp³-hybridized carbons (Fsp3) is 0.429. The van der Waals surface area contributed by atoms with Crippen molar-refractivity contribution in [3.63, 3.8) is 0 Å². The molecule has 3 atom stereocenters. The minimum atomic E-state index is -5.08. The summed E-state index contributed by atoms with van der Waals surface area (Å²) in [6.07, 6.45) is -1.26. The van der Waals surface area contributed by atoms with Gasteiger partial charge in [-0.3, -0.25) is 4.90 Å². The molecule has 2 aromatic rings. The second kappa shape index (κ2) is 9.85. The molecule has 0 amide bonds. The van der Waals surface area contributed by atoms with Crippen LogP contribution < -0.4 is 4.74 Å². The molecule has 2 aliphatic heterocycles. The van der Waals surface area contributed by atoms with Gasteiger partial charge in [-0.1, -0.05) is 6.07 Å². The highest BCUT2D eigenvalue weighted by atomic mass is 19.4. The SMILES string of the molecule is N#Cc1cccc(OC[C@H]2CO[C@@H]3CN(Cc4ccoc4)C[C@H]23)c1.O=C(O)C(F)(F)F. The summed E-state index contributed by atoms with van der Waals surface area (Å²) in [4.78, 5) is 11.3. The van der Waals surface area contributed by atoms with E-state index in [1.54, 1.807) is 24.7 Å². The second-order valence-corrected chi connectivity index (χ2v) is 7.37. The van der Waals surface area contributed by atoms with E-state index in [0.29, 0.717) is 30.1 Å². The van der Waals surface area contributed by atoms with Crippen LogP contribution in [0.5, 0.6) is 5.75 Å². The molecule has 0 spiro atoms. The first-order valence-electron chi connectivity index (χ1n) is 9.54. The molecule has 7 nitrogen and oxygen atoms in total. The number of benzene rings is 1. The number of nitrogens with zero attached hydrogens (tertiary/aromatic N) is 2. The average molecular weight is 438 g/mol. The number of halogens is 3. The van der Waals surface area contributed by atoms with Crippen molar-refractivity contribution in [1.29, 1.82) is 5.26 Å². The summed E-state index contributed by atoms with van der Waals surface area (Å²) in [5.74, 6) is -1.09. The van der Waals surface area contributed by atoms with Gasteiger partial charge in [0.15, 0.2) is 0 Å². The third-order valence-electron chi connectivity index (χ3n) is 5.17. The number of furan rings is 1. The lowest BCUT2D eigenvalue weighted by molar-refractivity contribution is -0.192. The zero-order valence-electron chi connectivity index (χ0n) is 16.4. The molecule has 1 N–H and O–H groups in total. The summed E-state index contributed by atoms with van der Waals surface area (Å²) in [5, 5.41) is 16.1. The molecule has 1 aromatic carbocycles. The van der Waals surface area contributed by atoms with Crippen molar-refractivity contribution in [2.24, 2.45) is 11.8 Å². The number of carboxylic acids is 1. The Labute approximate surface area is 176 Å². The van der Waals surface area contributed by atoms with Crippen molar-refractivity contribution in [2.75, 3.05) is 26.3 Å². The largest absolute Gasteiger partial charge is 0.493 e. The summed E-state index contributed by atoms with van der Waals surface area (Å²) in [7, 11) is 0. The van der Waals surface area contributed by atoms with Crippen LogP contribution in [-0.4, -0.2) is 54.6 Å². The Hall–Kier alpha value is -3.03. The summed E-state index contributed by atoms with van der Waals surface area (Å²) in [6, 6.07) is 11.5. The van der Waals surface area contributed by atoms with Crippen LogP contribution in [0.25, 0.3) is 0 Å². The standard InChI is InChI=1S/C19H20N2O3.C2HF3O2/c20-7-14-2-1-3-17(6-14)23-12-16-13-24-19-10-21(9-18(16)19)8-15-4-5-22-11-15;3-2(4,5)1(6)7/h1-6,11,16,18-19H,8-10,12-13H2;(H,6,7)/t16-,18+,19+;/m0./s1. The van der Waals surface area contributed by atoms with E-state index in [-0.39, 0.29) is 0 Å². The predicted molar refractivity (Wildman–Crippen MR) is 101 cm³/mol. The van der Waals surface area contributed by atoms with Crippen molar-refractivity contribution in [2.45, 2.75) is 18.8 Å². The van der Waals surface area contributed by atoms with Gasteiger partial charge in [0.05, 0.1) is 43.5 Å². The van der Waals surface area contributed by atoms with Crippen molar-refractivity contribution in [1.82, 2.24) is 4.90 Å². The fourth-order valence-electron chi connectivity index (χ4n) is 3.68. The minimum absolute atomic E-state index is 0.302. The number of rotatable bonds is 5. The highest BCUT2D eigenvalue weighted by Gasteiger charge is 2.44. The Kier molecular flexibility index (Phi) is 7.20. The number of hydrogen-bond donors (Lipinski definition) is 1. The molecule has 1 aromatic heterocycles. The number of nitriles is 1. The molecule has 0 unspecified atom stereocenters. The van der Waals surface area contributed by atoms with Crippen LogP contribution in [0, 0.1) is 23.2 Å². The highest BCUT2D eigenvalue weighted by molar-refractivity contribution is 5.73. The molecule has 2 saturated heterocycles. The van der Waals surface area contributed by atoms with Crippen LogP contribution in [0.3, 0.4) is 0 Å². The minimum Gasteiger partial charge on any atom is -0.493 e. The first-order valence-corrected chi connectivity index (χ1v) is 9.54. The van der Waals surface area contributed by atoms with Crippen LogP contribution in [0.1, 0.15) is 11.1 Å². The lowest BCUT2D eigenvalue weighted by Crippen LogP contribution is -2.26. The number of carbonyl (C=O) groups is 1. The first kappa shape index (κ1) is 22.7.